The summed E-state index contributed by atoms with van der Waals surface area (Å²) in [5.74, 6) is -3.09. The fourth-order valence-electron chi connectivity index (χ4n) is 5.62. The van der Waals surface area contributed by atoms with Gasteiger partial charge in [-0.1, -0.05) is 36.4 Å². The lowest BCUT2D eigenvalue weighted by molar-refractivity contribution is 0.0415. The number of piperidine rings is 1. The number of ketones is 2. The van der Waals surface area contributed by atoms with Crippen LogP contribution in [0.5, 0.6) is 11.5 Å². The van der Waals surface area contributed by atoms with Crippen LogP contribution in [0.4, 0.5) is 4.39 Å². The van der Waals surface area contributed by atoms with Gasteiger partial charge in [-0.15, -0.1) is 0 Å². The van der Waals surface area contributed by atoms with E-state index in [1.54, 1.807) is 43.3 Å². The third-order valence-corrected chi connectivity index (χ3v) is 8.22. The van der Waals surface area contributed by atoms with Crippen LogP contribution in [0.3, 0.4) is 0 Å². The zero-order valence-corrected chi connectivity index (χ0v) is 22.4. The molecule has 38 heavy (non-hydrogen) atoms. The molecule has 7 heteroatoms. The Hall–Kier alpha value is -3.55. The Morgan fingerprint density at radius 2 is 1.47 bits per heavy atom. The zero-order valence-electron chi connectivity index (χ0n) is 22.4. The quantitative estimate of drug-likeness (QED) is 0.384. The van der Waals surface area contributed by atoms with Gasteiger partial charge in [-0.25, -0.2) is 4.39 Å². The Morgan fingerprint density at radius 3 is 2.03 bits per heavy atom. The van der Waals surface area contributed by atoms with Crippen molar-refractivity contribution in [3.8, 4) is 11.5 Å². The predicted octanol–water partition coefficient (Wildman–Crippen LogP) is 4.94. The molecule has 3 aromatic carbocycles. The first kappa shape index (κ1) is 27.5. The molecule has 6 nitrogen and oxygen atoms in total. The third kappa shape index (κ3) is 5.08. The highest BCUT2D eigenvalue weighted by molar-refractivity contribution is 6.02. The summed E-state index contributed by atoms with van der Waals surface area (Å²) in [6.45, 7) is 5.99. The molecule has 1 unspecified atom stereocenters. The van der Waals surface area contributed by atoms with Gasteiger partial charge in [-0.2, -0.15) is 0 Å². The molecule has 0 spiro atoms. The maximum atomic E-state index is 14.9. The van der Waals surface area contributed by atoms with E-state index in [0.717, 1.165) is 0 Å². The Bertz CT molecular complexity index is 1350. The first-order valence-electron chi connectivity index (χ1n) is 12.8. The molecular weight excluding hydrogens is 483 g/mol. The molecule has 3 N–H and O–H groups in total. The van der Waals surface area contributed by atoms with E-state index < -0.39 is 35.2 Å². The summed E-state index contributed by atoms with van der Waals surface area (Å²) in [7, 11) is 3.87. The molecule has 1 fully saturated rings. The number of benzene rings is 3. The molecule has 1 heterocycles. The first-order valence-corrected chi connectivity index (χ1v) is 12.8. The summed E-state index contributed by atoms with van der Waals surface area (Å²) >= 11 is 0. The van der Waals surface area contributed by atoms with E-state index in [-0.39, 0.29) is 29.6 Å². The number of nitrogens with one attached hydrogen (secondary N) is 1. The van der Waals surface area contributed by atoms with Crippen molar-refractivity contribution in [1.82, 2.24) is 10.2 Å². The van der Waals surface area contributed by atoms with Crippen LogP contribution in [0.1, 0.15) is 51.6 Å². The lowest BCUT2D eigenvalue weighted by Gasteiger charge is -2.51. The van der Waals surface area contributed by atoms with Crippen molar-refractivity contribution in [1.29, 1.82) is 0 Å². The van der Waals surface area contributed by atoms with Crippen LogP contribution in [-0.4, -0.2) is 58.9 Å². The van der Waals surface area contributed by atoms with Crippen molar-refractivity contribution < 1.29 is 24.2 Å². The lowest BCUT2D eigenvalue weighted by Crippen LogP contribution is -2.65. The number of carbonyl (C=O) groups is 2. The van der Waals surface area contributed by atoms with E-state index in [2.05, 4.69) is 5.32 Å². The number of hydrogen-bond acceptors (Lipinski definition) is 6. The number of carbonyl (C=O) groups excluding carboxylic acids is 2. The number of halogens is 1. The molecule has 0 saturated carbocycles. The van der Waals surface area contributed by atoms with Gasteiger partial charge in [-0.05, 0) is 76.3 Å². The Labute approximate surface area is 223 Å². The second-order valence-electron chi connectivity index (χ2n) is 10.9. The van der Waals surface area contributed by atoms with Gasteiger partial charge in [0.2, 0.25) is 0 Å². The number of likely N-dealkylation sites (N-methyl/N-ethyl adjacent to an activating group) is 1. The van der Waals surface area contributed by atoms with Gasteiger partial charge in [0, 0.05) is 47.0 Å². The molecule has 0 aromatic heterocycles. The van der Waals surface area contributed by atoms with Crippen molar-refractivity contribution >= 4 is 11.6 Å². The molecule has 1 aliphatic heterocycles. The molecule has 0 radical (unpaired) electrons. The number of Topliss-reactive ketones (excluding diaryl/α,β-unsaturated/α-hetero) is 2. The topological polar surface area (TPSA) is 89.9 Å². The van der Waals surface area contributed by atoms with E-state index in [1.807, 2.05) is 32.8 Å². The molecule has 1 aliphatic rings. The van der Waals surface area contributed by atoms with Crippen LogP contribution < -0.4 is 5.32 Å². The third-order valence-electron chi connectivity index (χ3n) is 8.22. The van der Waals surface area contributed by atoms with E-state index in [1.165, 1.54) is 30.3 Å². The number of phenols is 2. The summed E-state index contributed by atoms with van der Waals surface area (Å²) in [6.07, 6.45) is 0. The van der Waals surface area contributed by atoms with E-state index in [0.29, 0.717) is 22.3 Å². The molecule has 0 bridgehead atoms. The van der Waals surface area contributed by atoms with Crippen molar-refractivity contribution in [3.63, 3.8) is 0 Å². The van der Waals surface area contributed by atoms with Crippen LogP contribution in [0.2, 0.25) is 0 Å². The van der Waals surface area contributed by atoms with Crippen molar-refractivity contribution in [2.75, 3.05) is 20.6 Å². The fourth-order valence-corrected chi connectivity index (χ4v) is 5.62. The minimum absolute atomic E-state index is 0.0305. The minimum atomic E-state index is -0.769. The largest absolute Gasteiger partial charge is 0.508 e. The standard InChI is InChI=1S/C31H35FN2O4/c1-18-23(13-8-14-25(18)32)26-24(28(37)19-9-6-11-21(35)15-19)17-33-30(31(2,3)34(4)5)27(26)29(38)20-10-7-12-22(36)16-20/h6-16,24,26-27,30,33,35-36H,17H2,1-5H3/t24-,26-,27?,30-/m0/s1. The van der Waals surface area contributed by atoms with Gasteiger partial charge in [0.25, 0.3) is 0 Å². The molecule has 3 aromatic rings. The van der Waals surface area contributed by atoms with E-state index >= 15 is 0 Å². The number of hydrogen-bond donors (Lipinski definition) is 3. The smallest absolute Gasteiger partial charge is 0.168 e. The monoisotopic (exact) mass is 518 g/mol. The average Bonchev–Trinajstić information content (AvgIpc) is 2.88. The first-order chi connectivity index (χ1) is 17.9. The van der Waals surface area contributed by atoms with Gasteiger partial charge >= 0.3 is 0 Å². The van der Waals surface area contributed by atoms with E-state index in [9.17, 15) is 24.2 Å². The molecule has 0 amide bonds. The summed E-state index contributed by atoms with van der Waals surface area (Å²) in [4.78, 5) is 30.4. The molecular formula is C31H35FN2O4. The van der Waals surface area contributed by atoms with Crippen LogP contribution in [0, 0.1) is 24.6 Å². The average molecular weight is 519 g/mol. The van der Waals surface area contributed by atoms with Crippen LogP contribution in [0.25, 0.3) is 0 Å². The van der Waals surface area contributed by atoms with Crippen LogP contribution in [-0.2, 0) is 0 Å². The second kappa shape index (κ2) is 10.7. The summed E-state index contributed by atoms with van der Waals surface area (Å²) in [5, 5.41) is 23.7. The van der Waals surface area contributed by atoms with Crippen molar-refractivity contribution in [2.24, 2.45) is 11.8 Å². The minimum Gasteiger partial charge on any atom is -0.508 e. The number of phenolic OH excluding ortho intramolecular Hbond substituents is 2. The van der Waals surface area contributed by atoms with Gasteiger partial charge < -0.3 is 20.4 Å². The number of rotatable bonds is 7. The van der Waals surface area contributed by atoms with Crippen LogP contribution >= 0.6 is 0 Å². The van der Waals surface area contributed by atoms with Crippen LogP contribution in [0.15, 0.2) is 66.7 Å². The molecule has 1 saturated heterocycles. The molecule has 200 valence electrons. The highest BCUT2D eigenvalue weighted by atomic mass is 19.1. The Morgan fingerprint density at radius 1 is 0.921 bits per heavy atom. The van der Waals surface area contributed by atoms with Gasteiger partial charge in [0.1, 0.15) is 17.3 Å². The SMILES string of the molecule is Cc1c(F)cccc1[C@@H]1C(C(=O)c2cccc(O)c2)[C@@H](C(C)(C)N(C)C)NC[C@@H]1C(=O)c1cccc(O)c1. The van der Waals surface area contributed by atoms with Gasteiger partial charge in [0.05, 0.1) is 0 Å². The lowest BCUT2D eigenvalue weighted by atomic mass is 9.62. The summed E-state index contributed by atoms with van der Waals surface area (Å²) < 4.78 is 14.9. The Kier molecular flexibility index (Phi) is 7.72. The maximum absolute atomic E-state index is 14.9. The summed E-state index contributed by atoms with van der Waals surface area (Å²) in [5.41, 5.74) is 1.10. The highest BCUT2D eigenvalue weighted by Gasteiger charge is 2.52. The zero-order chi connectivity index (χ0) is 27.8. The molecule has 4 atom stereocenters. The maximum Gasteiger partial charge on any atom is 0.168 e. The predicted molar refractivity (Wildman–Crippen MR) is 145 cm³/mol. The van der Waals surface area contributed by atoms with Gasteiger partial charge in [-0.3, -0.25) is 9.59 Å². The highest BCUT2D eigenvalue weighted by Crippen LogP contribution is 2.45. The van der Waals surface area contributed by atoms with Gasteiger partial charge in [0.15, 0.2) is 11.6 Å². The Balaban J connectivity index is 1.95. The molecule has 0 aliphatic carbocycles. The molecule has 4 rings (SSSR count). The number of nitrogens with zero attached hydrogens (tertiary/aromatic N) is 1. The van der Waals surface area contributed by atoms with Crippen molar-refractivity contribution in [3.05, 3.63) is 94.8 Å². The second-order valence-corrected chi connectivity index (χ2v) is 10.9. The summed E-state index contributed by atoms with van der Waals surface area (Å²) in [6, 6.07) is 16.7. The number of aromatic hydroxyl groups is 2. The van der Waals surface area contributed by atoms with Crippen molar-refractivity contribution in [2.45, 2.75) is 38.3 Å². The van der Waals surface area contributed by atoms with E-state index in [4.69, 9.17) is 0 Å². The normalized spacial score (nSPS) is 21.9. The fraction of sp³-hybridized carbons (Fsp3) is 0.355.